The quantitative estimate of drug-likeness (QED) is 0.467. The molecule has 0 fully saturated rings. The van der Waals surface area contributed by atoms with E-state index in [4.69, 9.17) is 9.73 Å². The zero-order valence-electron chi connectivity index (χ0n) is 16.7. The van der Waals surface area contributed by atoms with Crippen molar-refractivity contribution in [2.24, 2.45) is 21.8 Å². The highest BCUT2D eigenvalue weighted by atomic mass is 16.6. The maximum atomic E-state index is 12.9. The van der Waals surface area contributed by atoms with Crippen LogP contribution in [0.4, 0.5) is 17.1 Å². The highest BCUT2D eigenvalue weighted by Crippen LogP contribution is 2.43. The molecule has 4 atom stereocenters. The Balaban J connectivity index is 1.84. The number of aliphatic imine (C=N–C) groups is 2. The van der Waals surface area contributed by atoms with E-state index >= 15 is 0 Å². The number of esters is 1. The number of benzene rings is 2. The number of non-ortho nitro benzene ring substituents is 1. The first-order valence-electron chi connectivity index (χ1n) is 9.84. The minimum Gasteiger partial charge on any atom is -0.465 e. The van der Waals surface area contributed by atoms with Gasteiger partial charge in [0.25, 0.3) is 5.69 Å². The second kappa shape index (κ2) is 8.06. The normalized spacial score (nSPS) is 24.5. The molecule has 2 heterocycles. The number of hydrogen-bond donors (Lipinski definition) is 1. The van der Waals surface area contributed by atoms with Crippen LogP contribution in [0.15, 0.2) is 58.5 Å². The molecule has 0 bridgehead atoms. The van der Waals surface area contributed by atoms with Gasteiger partial charge in [0.2, 0.25) is 0 Å². The number of carbonyl (C=O) groups is 1. The Hall–Kier alpha value is -3.55. The van der Waals surface area contributed by atoms with Gasteiger partial charge in [-0.3, -0.25) is 24.9 Å². The molecule has 0 amide bonds. The van der Waals surface area contributed by atoms with E-state index in [0.717, 1.165) is 11.4 Å². The molecule has 1 N–H and O–H groups in total. The van der Waals surface area contributed by atoms with Crippen molar-refractivity contribution in [2.45, 2.75) is 25.9 Å². The summed E-state index contributed by atoms with van der Waals surface area (Å²) in [6.07, 6.45) is 1.45. The van der Waals surface area contributed by atoms with E-state index in [9.17, 15) is 14.9 Å². The maximum Gasteiger partial charge on any atom is 0.315 e. The summed E-state index contributed by atoms with van der Waals surface area (Å²) in [6.45, 7) is 3.80. The average Bonchev–Trinajstić information content (AvgIpc) is 2.92. The van der Waals surface area contributed by atoms with Gasteiger partial charge >= 0.3 is 5.97 Å². The van der Waals surface area contributed by atoms with Gasteiger partial charge in [0.15, 0.2) is 0 Å². The summed E-state index contributed by atoms with van der Waals surface area (Å²) in [6, 6.07) is 14.1. The van der Waals surface area contributed by atoms with Crippen LogP contribution in [-0.2, 0) is 9.53 Å². The van der Waals surface area contributed by atoms with Gasteiger partial charge in [0.05, 0.1) is 22.9 Å². The molecule has 0 spiro atoms. The fourth-order valence-corrected chi connectivity index (χ4v) is 4.21. The Morgan fingerprint density at radius 2 is 2.03 bits per heavy atom. The lowest BCUT2D eigenvalue weighted by molar-refractivity contribution is -0.384. The molecule has 8 heteroatoms. The van der Waals surface area contributed by atoms with Crippen molar-refractivity contribution in [1.29, 1.82) is 0 Å². The van der Waals surface area contributed by atoms with Crippen LogP contribution in [0.2, 0.25) is 0 Å². The molecule has 0 aromatic heterocycles. The minimum atomic E-state index is -0.650. The van der Waals surface area contributed by atoms with Gasteiger partial charge in [-0.25, -0.2) is 0 Å². The summed E-state index contributed by atoms with van der Waals surface area (Å²) < 4.78 is 5.34. The van der Waals surface area contributed by atoms with E-state index in [1.165, 1.54) is 12.1 Å². The van der Waals surface area contributed by atoms with Crippen LogP contribution >= 0.6 is 0 Å². The number of carbonyl (C=O) groups excluding carboxylic acids is 1. The predicted molar refractivity (Wildman–Crippen MR) is 115 cm³/mol. The van der Waals surface area contributed by atoms with E-state index in [1.807, 2.05) is 30.3 Å². The fourth-order valence-electron chi connectivity index (χ4n) is 4.21. The van der Waals surface area contributed by atoms with Gasteiger partial charge in [0, 0.05) is 35.9 Å². The van der Waals surface area contributed by atoms with E-state index < -0.39 is 16.8 Å². The number of hydrogen-bond acceptors (Lipinski definition) is 7. The summed E-state index contributed by atoms with van der Waals surface area (Å²) >= 11 is 0. The van der Waals surface area contributed by atoms with Crippen LogP contribution in [-0.4, -0.2) is 35.6 Å². The van der Waals surface area contributed by atoms with E-state index in [-0.39, 0.29) is 30.3 Å². The molecule has 0 radical (unpaired) electrons. The molecule has 8 nitrogen and oxygen atoms in total. The lowest BCUT2D eigenvalue weighted by Crippen LogP contribution is -2.45. The average molecular weight is 406 g/mol. The van der Waals surface area contributed by atoms with Crippen LogP contribution in [0.25, 0.3) is 0 Å². The van der Waals surface area contributed by atoms with Crippen LogP contribution < -0.4 is 5.32 Å². The molecule has 154 valence electrons. The minimum absolute atomic E-state index is 0.0198. The molecular weight excluding hydrogens is 384 g/mol. The molecule has 3 unspecified atom stereocenters. The number of nitrogens with zero attached hydrogens (tertiary/aromatic N) is 3. The third kappa shape index (κ3) is 3.56. The molecular formula is C22H22N4O4. The number of nitrogens with one attached hydrogen (secondary N) is 1. The molecule has 30 heavy (non-hydrogen) atoms. The molecule has 0 aliphatic carbocycles. The Kier molecular flexibility index (Phi) is 5.31. The van der Waals surface area contributed by atoms with Crippen molar-refractivity contribution in [3.05, 3.63) is 64.2 Å². The first-order chi connectivity index (χ1) is 14.5. The first kappa shape index (κ1) is 19.8. The molecule has 4 rings (SSSR count). The Labute approximate surface area is 173 Å². The van der Waals surface area contributed by atoms with Gasteiger partial charge in [-0.05, 0) is 31.5 Å². The molecule has 2 aromatic carbocycles. The van der Waals surface area contributed by atoms with Crippen molar-refractivity contribution >= 4 is 35.0 Å². The zero-order valence-corrected chi connectivity index (χ0v) is 16.7. The number of rotatable bonds is 4. The van der Waals surface area contributed by atoms with Crippen molar-refractivity contribution in [3.63, 3.8) is 0 Å². The second-order valence-corrected chi connectivity index (χ2v) is 7.34. The molecule has 0 saturated carbocycles. The van der Waals surface area contributed by atoms with Crippen molar-refractivity contribution in [3.8, 4) is 0 Å². The van der Waals surface area contributed by atoms with Crippen molar-refractivity contribution in [1.82, 2.24) is 0 Å². The number of ether oxygens (including phenoxy) is 1. The maximum absolute atomic E-state index is 12.9. The zero-order chi connectivity index (χ0) is 21.3. The molecule has 2 aliphatic rings. The first-order valence-corrected chi connectivity index (χ1v) is 9.84. The number of fused-ring (bicyclic) bond motifs is 2. The van der Waals surface area contributed by atoms with Gasteiger partial charge in [-0.15, -0.1) is 0 Å². The third-order valence-corrected chi connectivity index (χ3v) is 5.53. The number of para-hydroxylation sites is 2. The van der Waals surface area contributed by atoms with Gasteiger partial charge in [-0.2, -0.15) is 0 Å². The SMILES string of the molecule is CCOC(=O)C1C(C)=NC2Nc3ccccc3N=CC2[C@@H]1c1cccc([N+](=O)[O-])c1. The number of nitro groups is 1. The fraction of sp³-hybridized carbons (Fsp3) is 0.318. The van der Waals surface area contributed by atoms with E-state index in [0.29, 0.717) is 11.3 Å². The summed E-state index contributed by atoms with van der Waals surface area (Å²) in [5, 5.41) is 14.8. The molecule has 2 aromatic rings. The summed E-state index contributed by atoms with van der Waals surface area (Å²) in [4.78, 5) is 33.2. The van der Waals surface area contributed by atoms with Crippen molar-refractivity contribution < 1.29 is 14.5 Å². The smallest absolute Gasteiger partial charge is 0.315 e. The third-order valence-electron chi connectivity index (χ3n) is 5.53. The lowest BCUT2D eigenvalue weighted by Gasteiger charge is -2.38. The van der Waals surface area contributed by atoms with E-state index in [2.05, 4.69) is 10.3 Å². The highest BCUT2D eigenvalue weighted by molar-refractivity contribution is 6.03. The van der Waals surface area contributed by atoms with Gasteiger partial charge < -0.3 is 10.1 Å². The molecule has 0 saturated heterocycles. The van der Waals surface area contributed by atoms with Gasteiger partial charge in [-0.1, -0.05) is 24.3 Å². The Bertz CT molecular complexity index is 1050. The van der Waals surface area contributed by atoms with Crippen LogP contribution in [0.5, 0.6) is 0 Å². The van der Waals surface area contributed by atoms with Crippen LogP contribution in [0.1, 0.15) is 25.3 Å². The largest absolute Gasteiger partial charge is 0.465 e. The Morgan fingerprint density at radius 1 is 1.23 bits per heavy atom. The standard InChI is InChI=1S/C22H22N4O4/c1-3-30-22(27)19-13(2)24-21-16(12-23-17-9-4-5-10-18(17)25-21)20(19)14-7-6-8-15(11-14)26(28)29/h4-12,16,19-21,25H,3H2,1-2H3/t16?,19?,20-,21?/m0/s1. The monoisotopic (exact) mass is 406 g/mol. The van der Waals surface area contributed by atoms with Crippen LogP contribution in [0, 0.1) is 22.0 Å². The summed E-state index contributed by atoms with van der Waals surface area (Å²) in [5.74, 6) is -1.74. The van der Waals surface area contributed by atoms with E-state index in [1.54, 1.807) is 26.1 Å². The number of anilines is 1. The summed E-state index contributed by atoms with van der Waals surface area (Å²) in [5.41, 5.74) is 2.93. The summed E-state index contributed by atoms with van der Waals surface area (Å²) in [7, 11) is 0. The topological polar surface area (TPSA) is 106 Å². The lowest BCUT2D eigenvalue weighted by atomic mass is 9.72. The van der Waals surface area contributed by atoms with Crippen molar-refractivity contribution in [2.75, 3.05) is 11.9 Å². The molecule has 2 aliphatic heterocycles. The number of nitro benzene ring substituents is 1. The predicted octanol–water partition coefficient (Wildman–Crippen LogP) is 4.10. The van der Waals surface area contributed by atoms with Gasteiger partial charge in [0.1, 0.15) is 12.1 Å². The highest BCUT2D eigenvalue weighted by Gasteiger charge is 2.45. The second-order valence-electron chi connectivity index (χ2n) is 7.34. The Morgan fingerprint density at radius 3 is 2.80 bits per heavy atom. The van der Waals surface area contributed by atoms with Crippen LogP contribution in [0.3, 0.4) is 0 Å².